The van der Waals surface area contributed by atoms with Gasteiger partial charge in [0.15, 0.2) is 6.19 Å². The first-order valence-corrected chi connectivity index (χ1v) is 10.7. The third-order valence-electron chi connectivity index (χ3n) is 5.39. The zero-order valence-electron chi connectivity index (χ0n) is 18.1. The minimum absolute atomic E-state index is 0.165. The normalized spacial score (nSPS) is 12.2. The molecule has 3 N–H and O–H groups in total. The van der Waals surface area contributed by atoms with Crippen LogP contribution >= 0.6 is 11.6 Å². The minimum Gasteiger partial charge on any atom is -0.351 e. The number of hydrogen-bond acceptors (Lipinski definition) is 5. The molecule has 0 saturated heterocycles. The average Bonchev–Trinajstić information content (AvgIpc) is 2.82. The van der Waals surface area contributed by atoms with Crippen molar-refractivity contribution in [3.8, 4) is 12.3 Å². The number of hydrogen-bond donors (Lipinski definition) is 3. The Labute approximate surface area is 193 Å². The summed E-state index contributed by atoms with van der Waals surface area (Å²) in [5.74, 6) is -0.0339. The van der Waals surface area contributed by atoms with E-state index in [0.29, 0.717) is 29.2 Å². The van der Waals surface area contributed by atoms with E-state index in [-0.39, 0.29) is 17.3 Å². The number of rotatable bonds is 9. The van der Waals surface area contributed by atoms with Crippen LogP contribution in [0, 0.1) is 28.2 Å². The highest BCUT2D eigenvalue weighted by atomic mass is 35.5. The summed E-state index contributed by atoms with van der Waals surface area (Å²) < 4.78 is 0. The summed E-state index contributed by atoms with van der Waals surface area (Å²) >= 11 is 5.89. The Morgan fingerprint density at radius 3 is 2.50 bits per heavy atom. The molecule has 9 heteroatoms. The lowest BCUT2D eigenvalue weighted by Crippen LogP contribution is -2.39. The number of anilines is 1. The van der Waals surface area contributed by atoms with Gasteiger partial charge in [0.25, 0.3) is 5.91 Å². The van der Waals surface area contributed by atoms with E-state index in [1.54, 1.807) is 48.8 Å². The predicted octanol–water partition coefficient (Wildman–Crippen LogP) is 4.09. The number of nitrogens with zero attached hydrogens (tertiary/aromatic N) is 4. The van der Waals surface area contributed by atoms with E-state index in [1.165, 1.54) is 0 Å². The molecule has 8 nitrogen and oxygen atoms in total. The minimum atomic E-state index is -0.720. The van der Waals surface area contributed by atoms with Crippen LogP contribution in [-0.2, 0) is 0 Å². The van der Waals surface area contributed by atoms with E-state index in [4.69, 9.17) is 16.9 Å². The number of carbonyl (C=O) groups is 1. The number of nitrogens with one attached hydrogen (secondary N) is 3. The number of aromatic nitrogens is 1. The van der Waals surface area contributed by atoms with E-state index in [9.17, 15) is 10.1 Å². The van der Waals surface area contributed by atoms with Gasteiger partial charge in [0.2, 0.25) is 5.96 Å². The molecule has 0 aliphatic carbocycles. The van der Waals surface area contributed by atoms with E-state index < -0.39 is 6.04 Å². The molecule has 1 atom stereocenters. The first-order chi connectivity index (χ1) is 15.4. The molecule has 0 saturated carbocycles. The lowest BCUT2D eigenvalue weighted by molar-refractivity contribution is 0.0920. The highest BCUT2D eigenvalue weighted by Gasteiger charge is 2.31. The molecule has 0 spiro atoms. The van der Waals surface area contributed by atoms with Crippen LogP contribution in [0.1, 0.15) is 43.5 Å². The van der Waals surface area contributed by atoms with Crippen molar-refractivity contribution >= 4 is 29.2 Å². The fourth-order valence-electron chi connectivity index (χ4n) is 3.24. The maximum Gasteiger partial charge on any atom is 0.251 e. The number of nitriles is 2. The van der Waals surface area contributed by atoms with E-state index in [0.717, 1.165) is 12.8 Å². The van der Waals surface area contributed by atoms with Gasteiger partial charge in [-0.1, -0.05) is 25.4 Å². The van der Waals surface area contributed by atoms with Crippen molar-refractivity contribution < 1.29 is 4.79 Å². The van der Waals surface area contributed by atoms with E-state index >= 15 is 0 Å². The summed E-state index contributed by atoms with van der Waals surface area (Å²) in [7, 11) is 0. The molecule has 1 unspecified atom stereocenters. The van der Waals surface area contributed by atoms with Crippen molar-refractivity contribution in [3.63, 3.8) is 0 Å². The Bertz CT molecular complexity index is 990. The van der Waals surface area contributed by atoms with Gasteiger partial charge < -0.3 is 10.6 Å². The Morgan fingerprint density at radius 2 is 1.94 bits per heavy atom. The van der Waals surface area contributed by atoms with Crippen molar-refractivity contribution in [3.05, 3.63) is 59.4 Å². The number of pyridine rings is 1. The summed E-state index contributed by atoms with van der Waals surface area (Å²) in [5, 5.41) is 27.8. The van der Waals surface area contributed by atoms with Gasteiger partial charge in [-0.2, -0.15) is 10.5 Å². The summed E-state index contributed by atoms with van der Waals surface area (Å²) in [5.41, 5.74) is 0.822. The quantitative estimate of drug-likeness (QED) is 0.228. The number of aliphatic imine (C=N–C) groups is 1. The number of amides is 1. The average molecular weight is 452 g/mol. The van der Waals surface area contributed by atoms with Crippen LogP contribution in [0.3, 0.4) is 0 Å². The SMILES string of the molecule is CCC(CC)(CNC(=O)c1ccc(Cl)cc1)CC(C#N)N=C(NC#N)Nc1cccnc1. The lowest BCUT2D eigenvalue weighted by atomic mass is 9.77. The van der Waals surface area contributed by atoms with E-state index in [2.05, 4.69) is 32.0 Å². The molecular formula is C23H26ClN7O. The molecule has 0 fully saturated rings. The molecule has 0 bridgehead atoms. The van der Waals surface area contributed by atoms with Crippen molar-refractivity contribution in [2.24, 2.45) is 10.4 Å². The second-order valence-corrected chi connectivity index (χ2v) is 7.76. The molecule has 0 aliphatic heterocycles. The Balaban J connectivity index is 2.13. The van der Waals surface area contributed by atoms with Crippen molar-refractivity contribution in [2.75, 3.05) is 11.9 Å². The maximum absolute atomic E-state index is 12.5. The smallest absolute Gasteiger partial charge is 0.251 e. The number of guanidine groups is 1. The van der Waals surface area contributed by atoms with Crippen LogP contribution < -0.4 is 16.0 Å². The first kappa shape index (κ1) is 24.6. The summed E-state index contributed by atoms with van der Waals surface area (Å²) in [6.45, 7) is 4.45. The van der Waals surface area contributed by atoms with Gasteiger partial charge in [0.1, 0.15) is 6.04 Å². The Morgan fingerprint density at radius 1 is 1.22 bits per heavy atom. The van der Waals surface area contributed by atoms with E-state index in [1.807, 2.05) is 20.0 Å². The van der Waals surface area contributed by atoms with Gasteiger partial charge in [-0.05, 0) is 61.1 Å². The van der Waals surface area contributed by atoms with Gasteiger partial charge >= 0.3 is 0 Å². The zero-order valence-corrected chi connectivity index (χ0v) is 18.9. The Kier molecular flexibility index (Phi) is 9.46. The summed E-state index contributed by atoms with van der Waals surface area (Å²) in [6.07, 6.45) is 6.96. The largest absolute Gasteiger partial charge is 0.351 e. The lowest BCUT2D eigenvalue weighted by Gasteiger charge is -2.33. The van der Waals surface area contributed by atoms with Crippen LogP contribution in [0.2, 0.25) is 5.02 Å². The molecule has 2 rings (SSSR count). The molecule has 2 aromatic rings. The second kappa shape index (κ2) is 12.3. The van der Waals surface area contributed by atoms with Gasteiger partial charge in [-0.25, -0.2) is 4.99 Å². The first-order valence-electron chi connectivity index (χ1n) is 10.3. The molecule has 32 heavy (non-hydrogen) atoms. The molecule has 1 aromatic heterocycles. The zero-order chi connectivity index (χ0) is 23.4. The molecular weight excluding hydrogens is 426 g/mol. The topological polar surface area (TPSA) is 126 Å². The fourth-order valence-corrected chi connectivity index (χ4v) is 3.37. The van der Waals surface area contributed by atoms with Crippen LogP contribution in [0.25, 0.3) is 0 Å². The van der Waals surface area contributed by atoms with Crippen molar-refractivity contribution in [1.82, 2.24) is 15.6 Å². The fraction of sp³-hybridized carbons (Fsp3) is 0.348. The molecule has 0 radical (unpaired) electrons. The third-order valence-corrected chi connectivity index (χ3v) is 5.64. The summed E-state index contributed by atoms with van der Waals surface area (Å²) in [4.78, 5) is 21.0. The van der Waals surface area contributed by atoms with Gasteiger partial charge in [-0.3, -0.25) is 15.1 Å². The number of benzene rings is 1. The highest BCUT2D eigenvalue weighted by Crippen LogP contribution is 2.32. The van der Waals surface area contributed by atoms with Crippen LogP contribution in [0.4, 0.5) is 5.69 Å². The van der Waals surface area contributed by atoms with Crippen LogP contribution in [-0.4, -0.2) is 29.4 Å². The molecule has 0 aliphatic rings. The van der Waals surface area contributed by atoms with Crippen molar-refractivity contribution in [1.29, 1.82) is 10.5 Å². The number of halogens is 1. The van der Waals surface area contributed by atoms with Crippen LogP contribution in [0.15, 0.2) is 53.8 Å². The van der Waals surface area contributed by atoms with Crippen LogP contribution in [0.5, 0.6) is 0 Å². The third kappa shape index (κ3) is 7.26. The molecule has 1 heterocycles. The highest BCUT2D eigenvalue weighted by molar-refractivity contribution is 6.30. The Hall–Kier alpha value is -3.62. The van der Waals surface area contributed by atoms with Gasteiger partial charge in [-0.15, -0.1) is 0 Å². The number of carbonyl (C=O) groups excluding carboxylic acids is 1. The summed E-state index contributed by atoms with van der Waals surface area (Å²) in [6, 6.07) is 11.7. The van der Waals surface area contributed by atoms with Gasteiger partial charge in [0, 0.05) is 23.3 Å². The molecule has 166 valence electrons. The monoisotopic (exact) mass is 451 g/mol. The van der Waals surface area contributed by atoms with Gasteiger partial charge in [0.05, 0.1) is 18.0 Å². The predicted molar refractivity (Wildman–Crippen MR) is 125 cm³/mol. The maximum atomic E-state index is 12.5. The molecule has 1 aromatic carbocycles. The second-order valence-electron chi connectivity index (χ2n) is 7.33. The molecule has 1 amide bonds. The van der Waals surface area contributed by atoms with Crippen molar-refractivity contribution in [2.45, 2.75) is 39.2 Å². The standard InChI is InChI=1S/C23H26ClN7O/c1-3-23(4-2,15-28-21(32)17-7-9-18(24)10-8-17)12-20(13-25)31-22(29-16-26)30-19-6-5-11-27-14-19/h5-11,14,20H,3-4,12,15H2,1-2H3,(H,28,32)(H2,29,30,31).